The van der Waals surface area contributed by atoms with Crippen molar-refractivity contribution in [3.63, 3.8) is 0 Å². The molecule has 1 amide bonds. The number of aliphatic hydroxyl groups is 1. The lowest BCUT2D eigenvalue weighted by Crippen LogP contribution is -2.49. The summed E-state index contributed by atoms with van der Waals surface area (Å²) in [5.74, 6) is -0.358. The highest BCUT2D eigenvalue weighted by Crippen LogP contribution is 2.21. The molecule has 0 fully saturated rings. The number of carbonyl (C=O) groups is 1. The van der Waals surface area contributed by atoms with E-state index in [0.717, 1.165) is 5.56 Å². The third-order valence-electron chi connectivity index (χ3n) is 3.49. The Hall–Kier alpha value is -2.18. The number of rotatable bonds is 5. The van der Waals surface area contributed by atoms with Gasteiger partial charge in [0.15, 0.2) is 0 Å². The third kappa shape index (κ3) is 3.29. The van der Waals surface area contributed by atoms with Gasteiger partial charge in [0.25, 0.3) is 0 Å². The summed E-state index contributed by atoms with van der Waals surface area (Å²) in [7, 11) is 1.76. The van der Waals surface area contributed by atoms with Gasteiger partial charge in [-0.25, -0.2) is 0 Å². The molecule has 2 rings (SSSR count). The molecule has 1 aromatic heterocycles. The molecule has 6 heteroatoms. The Morgan fingerprint density at radius 3 is 2.67 bits per heavy atom. The zero-order chi connectivity index (χ0) is 15.5. The van der Waals surface area contributed by atoms with E-state index in [1.54, 1.807) is 31.0 Å². The summed E-state index contributed by atoms with van der Waals surface area (Å²) in [6, 6.07) is 8.48. The van der Waals surface area contributed by atoms with Crippen LogP contribution in [0.4, 0.5) is 0 Å². The highest BCUT2D eigenvalue weighted by Gasteiger charge is 2.30. The van der Waals surface area contributed by atoms with Gasteiger partial charge in [-0.05, 0) is 12.5 Å². The van der Waals surface area contributed by atoms with Crippen molar-refractivity contribution in [3.8, 4) is 0 Å². The van der Waals surface area contributed by atoms with Gasteiger partial charge in [0, 0.05) is 18.8 Å². The molecule has 2 unspecified atom stereocenters. The number of amides is 1. The average Bonchev–Trinajstić information content (AvgIpc) is 2.93. The standard InChI is InChI=1S/C15H20N4O2/c1-15(10-20,12-6-4-3-5-7-12)18-14(21)13(16)11-8-17-19(2)9-11/h3-9,13,20H,10,16H2,1-2H3,(H,18,21). The van der Waals surface area contributed by atoms with Crippen molar-refractivity contribution in [2.24, 2.45) is 12.8 Å². The normalized spacial score (nSPS) is 15.2. The van der Waals surface area contributed by atoms with Gasteiger partial charge >= 0.3 is 0 Å². The van der Waals surface area contributed by atoms with Gasteiger partial charge in [0.2, 0.25) is 5.91 Å². The maximum absolute atomic E-state index is 12.3. The Morgan fingerprint density at radius 2 is 2.14 bits per heavy atom. The van der Waals surface area contributed by atoms with Crippen LogP contribution >= 0.6 is 0 Å². The van der Waals surface area contributed by atoms with Gasteiger partial charge in [-0.2, -0.15) is 5.10 Å². The topological polar surface area (TPSA) is 93.2 Å². The predicted octanol–water partition coefficient (Wildman–Crippen LogP) is 0.444. The molecule has 4 N–H and O–H groups in total. The van der Waals surface area contributed by atoms with E-state index in [1.165, 1.54) is 0 Å². The van der Waals surface area contributed by atoms with Gasteiger partial charge < -0.3 is 16.2 Å². The number of aromatic nitrogens is 2. The summed E-state index contributed by atoms with van der Waals surface area (Å²) in [5, 5.41) is 16.5. The van der Waals surface area contributed by atoms with Crippen LogP contribution in [0, 0.1) is 0 Å². The van der Waals surface area contributed by atoms with E-state index in [9.17, 15) is 9.90 Å². The molecule has 0 aliphatic heterocycles. The van der Waals surface area contributed by atoms with E-state index >= 15 is 0 Å². The van der Waals surface area contributed by atoms with Crippen molar-refractivity contribution in [3.05, 3.63) is 53.9 Å². The van der Waals surface area contributed by atoms with E-state index < -0.39 is 11.6 Å². The van der Waals surface area contributed by atoms with Crippen LogP contribution in [0.25, 0.3) is 0 Å². The molecular formula is C15H20N4O2. The fraction of sp³-hybridized carbons (Fsp3) is 0.333. The van der Waals surface area contributed by atoms with E-state index in [1.807, 2.05) is 30.3 Å². The number of hydrogen-bond acceptors (Lipinski definition) is 4. The summed E-state index contributed by atoms with van der Waals surface area (Å²) in [4.78, 5) is 12.3. The zero-order valence-corrected chi connectivity index (χ0v) is 12.2. The lowest BCUT2D eigenvalue weighted by atomic mass is 9.92. The van der Waals surface area contributed by atoms with Crippen LogP contribution < -0.4 is 11.1 Å². The van der Waals surface area contributed by atoms with Gasteiger partial charge in [-0.3, -0.25) is 9.48 Å². The van der Waals surface area contributed by atoms with Crippen LogP contribution in [0.15, 0.2) is 42.7 Å². The van der Waals surface area contributed by atoms with Crippen LogP contribution in [-0.4, -0.2) is 27.4 Å². The van der Waals surface area contributed by atoms with E-state index in [2.05, 4.69) is 10.4 Å². The maximum Gasteiger partial charge on any atom is 0.242 e. The minimum absolute atomic E-state index is 0.220. The van der Waals surface area contributed by atoms with Gasteiger partial charge in [-0.1, -0.05) is 30.3 Å². The first-order valence-electron chi connectivity index (χ1n) is 6.69. The smallest absolute Gasteiger partial charge is 0.242 e. The van der Waals surface area contributed by atoms with Crippen molar-refractivity contribution in [2.45, 2.75) is 18.5 Å². The Labute approximate surface area is 123 Å². The molecule has 0 saturated carbocycles. The van der Waals surface area contributed by atoms with Crippen molar-refractivity contribution >= 4 is 5.91 Å². The van der Waals surface area contributed by atoms with Crippen LogP contribution in [0.3, 0.4) is 0 Å². The molecule has 21 heavy (non-hydrogen) atoms. The van der Waals surface area contributed by atoms with Crippen LogP contribution in [-0.2, 0) is 17.4 Å². The largest absolute Gasteiger partial charge is 0.394 e. The Bertz CT molecular complexity index is 611. The van der Waals surface area contributed by atoms with E-state index in [4.69, 9.17) is 5.73 Å². The van der Waals surface area contributed by atoms with Crippen LogP contribution in [0.1, 0.15) is 24.1 Å². The molecule has 2 aromatic rings. The second-order valence-electron chi connectivity index (χ2n) is 5.27. The van der Waals surface area contributed by atoms with Crippen LogP contribution in [0.5, 0.6) is 0 Å². The van der Waals surface area contributed by atoms with Crippen molar-refractivity contribution in [1.82, 2.24) is 15.1 Å². The first-order chi connectivity index (χ1) is 9.96. The molecule has 0 bridgehead atoms. The van der Waals surface area contributed by atoms with E-state index in [0.29, 0.717) is 5.56 Å². The summed E-state index contributed by atoms with van der Waals surface area (Å²) in [6.07, 6.45) is 3.26. The molecule has 0 aliphatic carbocycles. The number of aliphatic hydroxyl groups excluding tert-OH is 1. The minimum atomic E-state index is -0.877. The minimum Gasteiger partial charge on any atom is -0.394 e. The number of carbonyl (C=O) groups excluding carboxylic acids is 1. The summed E-state index contributed by atoms with van der Waals surface area (Å²) >= 11 is 0. The lowest BCUT2D eigenvalue weighted by molar-refractivity contribution is -0.125. The molecule has 0 spiro atoms. The number of nitrogens with two attached hydrogens (primary N) is 1. The zero-order valence-electron chi connectivity index (χ0n) is 12.2. The Morgan fingerprint density at radius 1 is 1.48 bits per heavy atom. The number of nitrogens with one attached hydrogen (secondary N) is 1. The fourth-order valence-corrected chi connectivity index (χ4v) is 2.11. The second-order valence-corrected chi connectivity index (χ2v) is 5.27. The number of nitrogens with zero attached hydrogens (tertiary/aromatic N) is 2. The SMILES string of the molecule is Cn1cc(C(N)C(=O)NC(C)(CO)c2ccccc2)cn1. The predicted molar refractivity (Wildman–Crippen MR) is 79.2 cm³/mol. The Kier molecular flexibility index (Phi) is 4.40. The molecule has 6 nitrogen and oxygen atoms in total. The number of benzene rings is 1. The molecule has 0 aliphatic rings. The van der Waals surface area contributed by atoms with Gasteiger partial charge in [0.05, 0.1) is 18.3 Å². The van der Waals surface area contributed by atoms with Gasteiger partial charge in [-0.15, -0.1) is 0 Å². The molecule has 1 aromatic carbocycles. The highest BCUT2D eigenvalue weighted by atomic mass is 16.3. The quantitative estimate of drug-likeness (QED) is 0.744. The Balaban J connectivity index is 2.16. The molecule has 112 valence electrons. The molecule has 0 saturated heterocycles. The molecule has 2 atom stereocenters. The first-order valence-corrected chi connectivity index (χ1v) is 6.69. The fourth-order valence-electron chi connectivity index (χ4n) is 2.11. The average molecular weight is 288 g/mol. The molecule has 0 radical (unpaired) electrons. The number of hydrogen-bond donors (Lipinski definition) is 3. The second kappa shape index (κ2) is 6.07. The molecular weight excluding hydrogens is 268 g/mol. The highest BCUT2D eigenvalue weighted by molar-refractivity contribution is 5.83. The lowest BCUT2D eigenvalue weighted by Gasteiger charge is -2.30. The van der Waals surface area contributed by atoms with Gasteiger partial charge in [0.1, 0.15) is 6.04 Å². The summed E-state index contributed by atoms with van der Waals surface area (Å²) in [5.41, 5.74) is 6.51. The van der Waals surface area contributed by atoms with Crippen molar-refractivity contribution < 1.29 is 9.90 Å². The monoisotopic (exact) mass is 288 g/mol. The maximum atomic E-state index is 12.3. The van der Waals surface area contributed by atoms with Crippen LogP contribution in [0.2, 0.25) is 0 Å². The van der Waals surface area contributed by atoms with Crippen molar-refractivity contribution in [1.29, 1.82) is 0 Å². The summed E-state index contributed by atoms with van der Waals surface area (Å²) < 4.78 is 1.59. The number of aryl methyl sites for hydroxylation is 1. The molecule has 1 heterocycles. The summed E-state index contributed by atoms with van der Waals surface area (Å²) in [6.45, 7) is 1.54. The first kappa shape index (κ1) is 15.2. The van der Waals surface area contributed by atoms with E-state index in [-0.39, 0.29) is 12.5 Å². The van der Waals surface area contributed by atoms with Crippen molar-refractivity contribution in [2.75, 3.05) is 6.61 Å². The third-order valence-corrected chi connectivity index (χ3v) is 3.49.